The monoisotopic (exact) mass is 548 g/mol. The van der Waals surface area contributed by atoms with E-state index in [-0.39, 0.29) is 0 Å². The summed E-state index contributed by atoms with van der Waals surface area (Å²) in [7, 11) is 0. The standard InChI is InChI=1S/C36H21O2PS/c40-39-34-28-11-5-3-8-23(28)15-17-30(34)37-32-20-27(26-14-13-22-7-1-2-10-25(22)19-26)21-33(36(32)39)38-31-18-16-24-9-4-6-12-29(24)35(31)39/h1-21H. The quantitative estimate of drug-likeness (QED) is 0.191. The Morgan fingerprint density at radius 1 is 0.400 bits per heavy atom. The highest BCUT2D eigenvalue weighted by Gasteiger charge is 2.44. The van der Waals surface area contributed by atoms with Gasteiger partial charge in [0.25, 0.3) is 0 Å². The maximum atomic E-state index is 6.99. The zero-order valence-corrected chi connectivity index (χ0v) is 23.0. The van der Waals surface area contributed by atoms with Crippen LogP contribution in [0.4, 0.5) is 0 Å². The van der Waals surface area contributed by atoms with Gasteiger partial charge in [-0.15, -0.1) is 0 Å². The second-order valence-corrected chi connectivity index (χ2v) is 14.7. The first-order valence-corrected chi connectivity index (χ1v) is 16.2. The Bertz CT molecular complexity index is 2150. The molecule has 9 rings (SSSR count). The highest BCUT2D eigenvalue weighted by atomic mass is 32.4. The summed E-state index contributed by atoms with van der Waals surface area (Å²) in [6.45, 7) is 0. The Kier molecular flexibility index (Phi) is 4.51. The zero-order chi connectivity index (χ0) is 26.4. The minimum Gasteiger partial charge on any atom is -0.456 e. The molecule has 188 valence electrons. The average Bonchev–Trinajstić information content (AvgIpc) is 3.00. The fourth-order valence-corrected chi connectivity index (χ4v) is 11.6. The number of fused-ring (bicyclic) bond motifs is 9. The Balaban J connectivity index is 1.39. The first-order valence-electron chi connectivity index (χ1n) is 13.4. The first-order chi connectivity index (χ1) is 19.7. The number of benzene rings is 7. The molecule has 0 unspecified atom stereocenters. The third kappa shape index (κ3) is 2.97. The van der Waals surface area contributed by atoms with Crippen molar-refractivity contribution in [3.8, 4) is 34.1 Å². The SMILES string of the molecule is S=P12c3c(cc(-c4ccc5ccccc5c4)cc3Oc3ccc4ccccc4c31)Oc1ccc3ccccc3c12. The summed E-state index contributed by atoms with van der Waals surface area (Å²) in [5.74, 6) is 3.28. The molecule has 0 N–H and O–H groups in total. The van der Waals surface area contributed by atoms with Crippen LogP contribution in [-0.4, -0.2) is 0 Å². The van der Waals surface area contributed by atoms with Crippen molar-refractivity contribution in [1.82, 2.24) is 0 Å². The molecule has 7 aromatic rings. The molecule has 0 aliphatic carbocycles. The largest absolute Gasteiger partial charge is 0.456 e. The van der Waals surface area contributed by atoms with Crippen molar-refractivity contribution in [3.05, 3.63) is 127 Å². The smallest absolute Gasteiger partial charge is 0.140 e. The molecule has 0 atom stereocenters. The van der Waals surface area contributed by atoms with Gasteiger partial charge in [-0.25, -0.2) is 0 Å². The van der Waals surface area contributed by atoms with Gasteiger partial charge in [-0.05, 0) is 73.8 Å². The van der Waals surface area contributed by atoms with Crippen LogP contribution in [0.2, 0.25) is 0 Å². The van der Waals surface area contributed by atoms with Crippen molar-refractivity contribution in [3.63, 3.8) is 0 Å². The molecule has 0 bridgehead atoms. The molecule has 40 heavy (non-hydrogen) atoms. The van der Waals surface area contributed by atoms with E-state index >= 15 is 0 Å². The lowest BCUT2D eigenvalue weighted by atomic mass is 10.0. The number of hydrogen-bond donors (Lipinski definition) is 0. The van der Waals surface area contributed by atoms with E-state index in [0.29, 0.717) is 0 Å². The van der Waals surface area contributed by atoms with Crippen LogP contribution >= 0.6 is 6.04 Å². The van der Waals surface area contributed by atoms with E-state index in [1.165, 1.54) is 21.5 Å². The molecular weight excluding hydrogens is 527 g/mol. The second-order valence-electron chi connectivity index (χ2n) is 10.5. The Hall–Kier alpha value is -4.43. The van der Waals surface area contributed by atoms with E-state index in [1.807, 2.05) is 0 Å². The Labute approximate surface area is 236 Å². The minimum atomic E-state index is -2.57. The third-order valence-electron chi connectivity index (χ3n) is 8.23. The summed E-state index contributed by atoms with van der Waals surface area (Å²) in [6, 6.07) is 42.2. The predicted octanol–water partition coefficient (Wildman–Crippen LogP) is 8.78. The molecular formula is C36H21O2PS. The summed E-state index contributed by atoms with van der Waals surface area (Å²) < 4.78 is 13.5. The van der Waals surface area contributed by atoms with Gasteiger partial charge in [0.2, 0.25) is 0 Å². The molecule has 2 aliphatic rings. The summed E-state index contributed by atoms with van der Waals surface area (Å²) in [5.41, 5.74) is 2.17. The van der Waals surface area contributed by atoms with Crippen LogP contribution in [0.1, 0.15) is 0 Å². The molecule has 0 radical (unpaired) electrons. The van der Waals surface area contributed by atoms with Gasteiger partial charge in [-0.3, -0.25) is 0 Å². The van der Waals surface area contributed by atoms with Crippen molar-refractivity contribution in [2.45, 2.75) is 0 Å². The normalized spacial score (nSPS) is 14.2. The molecule has 0 saturated carbocycles. The lowest BCUT2D eigenvalue weighted by molar-refractivity contribution is 0.467. The van der Waals surface area contributed by atoms with E-state index in [0.717, 1.165) is 60.8 Å². The summed E-state index contributed by atoms with van der Waals surface area (Å²) >= 11 is 6.99. The molecule has 2 heterocycles. The van der Waals surface area contributed by atoms with E-state index in [4.69, 9.17) is 21.3 Å². The highest BCUT2D eigenvalue weighted by Crippen LogP contribution is 2.61. The zero-order valence-electron chi connectivity index (χ0n) is 21.3. The van der Waals surface area contributed by atoms with Gasteiger partial charge in [0.1, 0.15) is 23.0 Å². The molecule has 0 spiro atoms. The molecule has 0 saturated heterocycles. The van der Waals surface area contributed by atoms with Gasteiger partial charge in [0, 0.05) is 10.6 Å². The fraction of sp³-hybridized carbons (Fsp3) is 0. The molecule has 2 nitrogen and oxygen atoms in total. The Morgan fingerprint density at radius 2 is 0.900 bits per heavy atom. The summed E-state index contributed by atoms with van der Waals surface area (Å²) in [5, 5.41) is 10.3. The van der Waals surface area contributed by atoms with Crippen LogP contribution < -0.4 is 25.4 Å². The lowest BCUT2D eigenvalue weighted by Crippen LogP contribution is -2.35. The van der Waals surface area contributed by atoms with Crippen molar-refractivity contribution < 1.29 is 9.47 Å². The van der Waals surface area contributed by atoms with Gasteiger partial charge in [0.15, 0.2) is 0 Å². The van der Waals surface area contributed by atoms with Crippen LogP contribution in [0, 0.1) is 0 Å². The van der Waals surface area contributed by atoms with Crippen LogP contribution in [-0.2, 0) is 11.8 Å². The van der Waals surface area contributed by atoms with E-state index in [9.17, 15) is 0 Å². The van der Waals surface area contributed by atoms with Crippen LogP contribution in [0.25, 0.3) is 43.4 Å². The van der Waals surface area contributed by atoms with E-state index in [1.54, 1.807) is 0 Å². The predicted molar refractivity (Wildman–Crippen MR) is 171 cm³/mol. The van der Waals surface area contributed by atoms with E-state index < -0.39 is 6.04 Å². The Morgan fingerprint density at radius 3 is 1.50 bits per heavy atom. The van der Waals surface area contributed by atoms with Gasteiger partial charge in [-0.1, -0.05) is 109 Å². The maximum absolute atomic E-state index is 6.99. The van der Waals surface area contributed by atoms with Crippen LogP contribution in [0.15, 0.2) is 127 Å². The van der Waals surface area contributed by atoms with Crippen molar-refractivity contribution >= 4 is 66.1 Å². The minimum absolute atomic E-state index is 0.797. The van der Waals surface area contributed by atoms with Crippen LogP contribution in [0.5, 0.6) is 23.0 Å². The topological polar surface area (TPSA) is 18.5 Å². The molecule has 4 heteroatoms. The highest BCUT2D eigenvalue weighted by molar-refractivity contribution is 8.26. The maximum Gasteiger partial charge on any atom is 0.140 e. The molecule has 7 aromatic carbocycles. The molecule has 0 fully saturated rings. The van der Waals surface area contributed by atoms with E-state index in [2.05, 4.69) is 127 Å². The first kappa shape index (κ1) is 22.4. The summed E-state index contributed by atoms with van der Waals surface area (Å²) in [4.78, 5) is 0. The number of ether oxygens (including phenoxy) is 2. The van der Waals surface area contributed by atoms with Crippen molar-refractivity contribution in [2.75, 3.05) is 0 Å². The third-order valence-corrected chi connectivity index (χ3v) is 13.1. The van der Waals surface area contributed by atoms with Gasteiger partial charge in [0.05, 0.1) is 11.3 Å². The summed E-state index contributed by atoms with van der Waals surface area (Å²) in [6.07, 6.45) is 0. The van der Waals surface area contributed by atoms with Crippen molar-refractivity contribution in [2.24, 2.45) is 0 Å². The molecule has 2 aliphatic heterocycles. The van der Waals surface area contributed by atoms with Crippen molar-refractivity contribution in [1.29, 1.82) is 0 Å². The number of rotatable bonds is 1. The van der Waals surface area contributed by atoms with Crippen LogP contribution in [0.3, 0.4) is 0 Å². The fourth-order valence-electron chi connectivity index (χ4n) is 6.44. The lowest BCUT2D eigenvalue weighted by Gasteiger charge is -2.39. The number of hydrogen-bond acceptors (Lipinski definition) is 3. The molecule has 0 aromatic heterocycles. The van der Waals surface area contributed by atoms with Gasteiger partial charge < -0.3 is 9.47 Å². The van der Waals surface area contributed by atoms with Gasteiger partial charge >= 0.3 is 0 Å². The second kappa shape index (κ2) is 8.05. The van der Waals surface area contributed by atoms with Gasteiger partial charge in [-0.2, -0.15) is 0 Å². The average molecular weight is 549 g/mol. The molecule has 0 amide bonds.